The molecule has 0 aliphatic heterocycles. The molecule has 0 bridgehead atoms. The van der Waals surface area contributed by atoms with Crippen molar-refractivity contribution in [2.45, 2.75) is 6.54 Å². The number of nitrogens with zero attached hydrogens (tertiary/aromatic N) is 3. The highest BCUT2D eigenvalue weighted by Crippen LogP contribution is 2.14. The zero-order valence-corrected chi connectivity index (χ0v) is 13.5. The molecule has 1 amide bonds. The van der Waals surface area contributed by atoms with E-state index in [-0.39, 0.29) is 5.91 Å². The first-order valence-electron chi connectivity index (χ1n) is 7.14. The molecular formula is C17H22N4O. The van der Waals surface area contributed by atoms with Crippen LogP contribution in [0, 0.1) is 0 Å². The number of pyridine rings is 1. The minimum absolute atomic E-state index is 0.153. The van der Waals surface area contributed by atoms with E-state index in [1.807, 2.05) is 63.4 Å². The van der Waals surface area contributed by atoms with Crippen LogP contribution in [0.1, 0.15) is 15.9 Å². The number of nitrogens with one attached hydrogen (secondary N) is 1. The summed E-state index contributed by atoms with van der Waals surface area (Å²) in [5.41, 5.74) is 2.49. The molecule has 0 atom stereocenters. The van der Waals surface area contributed by atoms with Gasteiger partial charge in [0.15, 0.2) is 0 Å². The Balaban J connectivity index is 2.08. The van der Waals surface area contributed by atoms with Gasteiger partial charge >= 0.3 is 0 Å². The molecule has 22 heavy (non-hydrogen) atoms. The van der Waals surface area contributed by atoms with Crippen molar-refractivity contribution in [2.75, 3.05) is 38.4 Å². The molecule has 1 aromatic heterocycles. The molecule has 1 heterocycles. The van der Waals surface area contributed by atoms with E-state index >= 15 is 0 Å². The molecule has 0 aliphatic rings. The monoisotopic (exact) mass is 298 g/mol. The number of anilines is 2. The number of hydrogen-bond acceptors (Lipinski definition) is 4. The quantitative estimate of drug-likeness (QED) is 0.921. The maximum atomic E-state index is 12.3. The molecule has 1 N–H and O–H groups in total. The van der Waals surface area contributed by atoms with E-state index in [0.29, 0.717) is 5.56 Å². The summed E-state index contributed by atoms with van der Waals surface area (Å²) in [6.45, 7) is 0.836. The van der Waals surface area contributed by atoms with Gasteiger partial charge in [0.25, 0.3) is 5.91 Å². The molecule has 0 fully saturated rings. The molecule has 5 heteroatoms. The molecule has 0 unspecified atom stereocenters. The summed E-state index contributed by atoms with van der Waals surface area (Å²) in [5, 5.41) is 2.91. The van der Waals surface area contributed by atoms with Crippen molar-refractivity contribution in [3.63, 3.8) is 0 Å². The average molecular weight is 298 g/mol. The van der Waals surface area contributed by atoms with Gasteiger partial charge in [0.1, 0.15) is 5.82 Å². The Hall–Kier alpha value is -2.40. The topological polar surface area (TPSA) is 48.5 Å². The van der Waals surface area contributed by atoms with E-state index in [4.69, 9.17) is 0 Å². The molecule has 0 saturated heterocycles. The van der Waals surface area contributed by atoms with Crippen LogP contribution in [0.25, 0.3) is 0 Å². The van der Waals surface area contributed by atoms with E-state index in [2.05, 4.69) is 15.2 Å². The van der Waals surface area contributed by atoms with E-state index in [1.54, 1.807) is 12.3 Å². The van der Waals surface area contributed by atoms with Gasteiger partial charge in [-0.1, -0.05) is 12.1 Å². The molecule has 0 spiro atoms. The Kier molecular flexibility index (Phi) is 5.12. The van der Waals surface area contributed by atoms with E-state index in [9.17, 15) is 4.79 Å². The lowest BCUT2D eigenvalue weighted by Crippen LogP contribution is -2.15. The molecule has 2 aromatic rings. The van der Waals surface area contributed by atoms with Gasteiger partial charge in [0.2, 0.25) is 0 Å². The van der Waals surface area contributed by atoms with Gasteiger partial charge in [0.05, 0.1) is 5.56 Å². The van der Waals surface area contributed by atoms with Crippen LogP contribution in [0.2, 0.25) is 0 Å². The molecule has 2 rings (SSSR count). The van der Waals surface area contributed by atoms with Crippen LogP contribution in [0.4, 0.5) is 11.5 Å². The Morgan fingerprint density at radius 3 is 2.50 bits per heavy atom. The van der Waals surface area contributed by atoms with Crippen molar-refractivity contribution >= 4 is 17.4 Å². The van der Waals surface area contributed by atoms with Crippen molar-refractivity contribution < 1.29 is 4.79 Å². The van der Waals surface area contributed by atoms with Crippen LogP contribution in [0.5, 0.6) is 0 Å². The van der Waals surface area contributed by atoms with Crippen LogP contribution in [-0.4, -0.2) is 44.0 Å². The number of rotatable bonds is 5. The Morgan fingerprint density at radius 2 is 1.91 bits per heavy atom. The van der Waals surface area contributed by atoms with Crippen molar-refractivity contribution in [3.8, 4) is 0 Å². The molecule has 116 valence electrons. The van der Waals surface area contributed by atoms with E-state index < -0.39 is 0 Å². The van der Waals surface area contributed by atoms with Crippen molar-refractivity contribution in [3.05, 3.63) is 53.7 Å². The van der Waals surface area contributed by atoms with Crippen LogP contribution in [-0.2, 0) is 6.54 Å². The average Bonchev–Trinajstić information content (AvgIpc) is 2.47. The Bertz CT molecular complexity index is 635. The van der Waals surface area contributed by atoms with Crippen LogP contribution >= 0.6 is 0 Å². The zero-order chi connectivity index (χ0) is 16.1. The number of aromatic nitrogens is 1. The molecule has 0 radical (unpaired) electrons. The number of hydrogen-bond donors (Lipinski definition) is 1. The second kappa shape index (κ2) is 7.04. The van der Waals surface area contributed by atoms with Gasteiger partial charge in [-0.15, -0.1) is 0 Å². The highest BCUT2D eigenvalue weighted by Gasteiger charge is 2.08. The first-order chi connectivity index (χ1) is 10.5. The van der Waals surface area contributed by atoms with Crippen LogP contribution < -0.4 is 10.2 Å². The SMILES string of the molecule is CN(C)Cc1cccc(NC(=O)c2ccc(N(C)C)nc2)c1. The predicted octanol–water partition coefficient (Wildman–Crippen LogP) is 2.46. The molecule has 1 aromatic carbocycles. The molecular weight excluding hydrogens is 276 g/mol. The lowest BCUT2D eigenvalue weighted by molar-refractivity contribution is 0.102. The van der Waals surface area contributed by atoms with Gasteiger partial charge in [-0.2, -0.15) is 0 Å². The van der Waals surface area contributed by atoms with Gasteiger partial charge in [0, 0.05) is 32.5 Å². The summed E-state index contributed by atoms with van der Waals surface area (Å²) < 4.78 is 0. The standard InChI is InChI=1S/C17H22N4O/c1-20(2)12-13-6-5-7-15(10-13)19-17(22)14-8-9-16(18-11-14)21(3)4/h5-11H,12H2,1-4H3,(H,19,22). The third-order valence-corrected chi connectivity index (χ3v) is 3.15. The normalized spacial score (nSPS) is 10.6. The number of carbonyl (C=O) groups excluding carboxylic acids is 1. The summed E-state index contributed by atoms with van der Waals surface area (Å²) in [5.74, 6) is 0.671. The lowest BCUT2D eigenvalue weighted by atomic mass is 10.2. The first kappa shape index (κ1) is 16.0. The summed E-state index contributed by atoms with van der Waals surface area (Å²) in [7, 11) is 7.86. The predicted molar refractivity (Wildman–Crippen MR) is 90.4 cm³/mol. The summed E-state index contributed by atoms with van der Waals surface area (Å²) in [4.78, 5) is 20.5. The molecule has 0 saturated carbocycles. The number of carbonyl (C=O) groups is 1. The fourth-order valence-electron chi connectivity index (χ4n) is 2.10. The van der Waals surface area contributed by atoms with Gasteiger partial charge in [-0.05, 0) is 43.9 Å². The van der Waals surface area contributed by atoms with Crippen molar-refractivity contribution in [2.24, 2.45) is 0 Å². The second-order valence-electron chi connectivity index (χ2n) is 5.69. The number of amides is 1. The smallest absolute Gasteiger partial charge is 0.257 e. The molecule has 5 nitrogen and oxygen atoms in total. The van der Waals surface area contributed by atoms with Crippen molar-refractivity contribution in [1.29, 1.82) is 0 Å². The zero-order valence-electron chi connectivity index (χ0n) is 13.5. The van der Waals surface area contributed by atoms with E-state index in [0.717, 1.165) is 23.6 Å². The lowest BCUT2D eigenvalue weighted by Gasteiger charge is -2.12. The summed E-state index contributed by atoms with van der Waals surface area (Å²) in [6.07, 6.45) is 1.59. The van der Waals surface area contributed by atoms with E-state index in [1.165, 1.54) is 0 Å². The third-order valence-electron chi connectivity index (χ3n) is 3.15. The maximum absolute atomic E-state index is 12.3. The minimum atomic E-state index is -0.153. The minimum Gasteiger partial charge on any atom is -0.363 e. The fourth-order valence-corrected chi connectivity index (χ4v) is 2.10. The van der Waals surface area contributed by atoms with Gasteiger partial charge in [-0.3, -0.25) is 4.79 Å². The Morgan fingerprint density at radius 1 is 1.14 bits per heavy atom. The van der Waals surface area contributed by atoms with Crippen LogP contribution in [0.15, 0.2) is 42.6 Å². The maximum Gasteiger partial charge on any atom is 0.257 e. The van der Waals surface area contributed by atoms with Gasteiger partial charge < -0.3 is 15.1 Å². The highest BCUT2D eigenvalue weighted by atomic mass is 16.1. The largest absolute Gasteiger partial charge is 0.363 e. The summed E-state index contributed by atoms with van der Waals surface area (Å²) >= 11 is 0. The first-order valence-corrected chi connectivity index (χ1v) is 7.14. The fraction of sp³-hybridized carbons (Fsp3) is 0.294. The van der Waals surface area contributed by atoms with Crippen LogP contribution in [0.3, 0.4) is 0 Å². The Labute approximate surface area is 131 Å². The third kappa shape index (κ3) is 4.30. The second-order valence-corrected chi connectivity index (χ2v) is 5.69. The molecule has 0 aliphatic carbocycles. The van der Waals surface area contributed by atoms with Gasteiger partial charge in [-0.25, -0.2) is 4.98 Å². The summed E-state index contributed by atoms with van der Waals surface area (Å²) in [6, 6.07) is 11.5. The number of benzene rings is 1. The van der Waals surface area contributed by atoms with Crippen molar-refractivity contribution in [1.82, 2.24) is 9.88 Å². The highest BCUT2D eigenvalue weighted by molar-refractivity contribution is 6.04.